The van der Waals surface area contributed by atoms with Gasteiger partial charge in [-0.3, -0.25) is 4.21 Å². The van der Waals surface area contributed by atoms with E-state index in [0.717, 1.165) is 51.5 Å². The predicted molar refractivity (Wildman–Crippen MR) is 181 cm³/mol. The fourth-order valence-corrected chi connectivity index (χ4v) is 10.9. The van der Waals surface area contributed by atoms with Crippen LogP contribution in [0.2, 0.25) is 0 Å². The van der Waals surface area contributed by atoms with Gasteiger partial charge in [0.25, 0.3) is 0 Å². The summed E-state index contributed by atoms with van der Waals surface area (Å²) in [6.07, 6.45) is -0.962. The maximum atomic E-state index is 13.3. The number of carbonyl (C=O) groups is 1. The Labute approximate surface area is 291 Å². The van der Waals surface area contributed by atoms with Crippen LogP contribution in [-0.4, -0.2) is 87.1 Å². The van der Waals surface area contributed by atoms with E-state index in [1.54, 1.807) is 11.8 Å². The van der Waals surface area contributed by atoms with Crippen LogP contribution < -0.4 is 4.74 Å². The average molecular weight is 719 g/mol. The molecule has 2 saturated carbocycles. The zero-order chi connectivity index (χ0) is 35.9. The van der Waals surface area contributed by atoms with Gasteiger partial charge < -0.3 is 19.6 Å². The van der Waals surface area contributed by atoms with Gasteiger partial charge in [0.05, 0.1) is 6.10 Å². The lowest BCUT2D eigenvalue weighted by Gasteiger charge is -2.53. The Morgan fingerprint density at radius 3 is 2.57 bits per heavy atom. The van der Waals surface area contributed by atoms with E-state index in [-0.39, 0.29) is 40.6 Å². The van der Waals surface area contributed by atoms with E-state index < -0.39 is 35.7 Å². The van der Waals surface area contributed by atoms with Crippen LogP contribution in [0.4, 0.5) is 26.7 Å². The van der Waals surface area contributed by atoms with Gasteiger partial charge >= 0.3 is 18.2 Å². The maximum absolute atomic E-state index is 13.3. The molecule has 1 aliphatic heterocycles. The Hall–Kier alpha value is -1.79. The van der Waals surface area contributed by atoms with Crippen LogP contribution in [0.15, 0.2) is 18.2 Å². The number of rotatable bonds is 11. The highest BCUT2D eigenvalue weighted by atomic mass is 32.2. The van der Waals surface area contributed by atoms with Gasteiger partial charge in [0.2, 0.25) is 0 Å². The summed E-state index contributed by atoms with van der Waals surface area (Å²) in [4.78, 5) is 17.1. The standard InChI is InChI=1S/C37H55F5N2O4S/c1-23(19-25(3)49(47)18-6-14-36(38,39)37(40,41)42)7-8-26-20-27-21-28(48-34(46)44-17-16-43(5)24(2)22-44)9-10-29(27)30-13-15-35(4)31(33(26)30)11-12-32(35)45/h9-10,21,23-26,30-33,45H,6-8,11-20,22H2,1-5H3/t23?,24?,25?,26-,30-,31+,32+,33-,35+,49?/m1/s1. The number of ether oxygens (including phenoxy) is 1. The molecule has 0 radical (unpaired) electrons. The second kappa shape index (κ2) is 15.1. The Morgan fingerprint density at radius 2 is 1.88 bits per heavy atom. The first-order valence-electron chi connectivity index (χ1n) is 18.2. The predicted octanol–water partition coefficient (Wildman–Crippen LogP) is 8.19. The number of fused-ring (bicyclic) bond motifs is 5. The van der Waals surface area contributed by atoms with E-state index >= 15 is 0 Å². The lowest BCUT2D eigenvalue weighted by Crippen LogP contribution is -2.52. The minimum Gasteiger partial charge on any atom is -0.410 e. The molecule has 1 N–H and O–H groups in total. The van der Waals surface area contributed by atoms with E-state index in [4.69, 9.17) is 4.74 Å². The number of hydrogen-bond donors (Lipinski definition) is 1. The third-order valence-electron chi connectivity index (χ3n) is 12.7. The molecule has 3 aliphatic carbocycles. The number of aliphatic hydroxyl groups excluding tert-OH is 1. The largest absolute Gasteiger partial charge is 0.453 e. The minimum atomic E-state index is -5.59. The number of alkyl halides is 5. The molecule has 3 fully saturated rings. The quantitative estimate of drug-likeness (QED) is 0.234. The molecule has 0 spiro atoms. The van der Waals surface area contributed by atoms with Crippen molar-refractivity contribution in [3.05, 3.63) is 29.3 Å². The average Bonchev–Trinajstić information content (AvgIpc) is 3.33. The van der Waals surface area contributed by atoms with Gasteiger partial charge in [0.1, 0.15) is 5.75 Å². The highest BCUT2D eigenvalue weighted by Gasteiger charge is 2.57. The second-order valence-corrected chi connectivity index (χ2v) is 18.0. The minimum absolute atomic E-state index is 0.105. The van der Waals surface area contributed by atoms with E-state index in [1.807, 2.05) is 12.1 Å². The van der Waals surface area contributed by atoms with Crippen molar-refractivity contribution in [2.75, 3.05) is 32.4 Å². The smallest absolute Gasteiger partial charge is 0.410 e. The summed E-state index contributed by atoms with van der Waals surface area (Å²) in [6, 6.07) is 6.38. The Kier molecular flexibility index (Phi) is 11.8. The molecule has 10 atom stereocenters. The molecule has 1 amide bonds. The summed E-state index contributed by atoms with van der Waals surface area (Å²) in [7, 11) is 0.562. The number of halogens is 5. The molecular formula is C37H55F5N2O4S. The summed E-state index contributed by atoms with van der Waals surface area (Å²) in [6.45, 7) is 10.3. The monoisotopic (exact) mass is 718 g/mol. The molecule has 0 aromatic heterocycles. The van der Waals surface area contributed by atoms with Crippen LogP contribution in [0.25, 0.3) is 0 Å². The van der Waals surface area contributed by atoms with Gasteiger partial charge in [-0.2, -0.15) is 22.0 Å². The summed E-state index contributed by atoms with van der Waals surface area (Å²) in [5.41, 5.74) is 2.43. The molecule has 6 nitrogen and oxygen atoms in total. The number of nitrogens with zero attached hydrogens (tertiary/aromatic N) is 2. The maximum Gasteiger partial charge on any atom is 0.453 e. The fourth-order valence-electron chi connectivity index (χ4n) is 9.53. The molecule has 49 heavy (non-hydrogen) atoms. The Bertz CT molecular complexity index is 1350. The number of aliphatic hydroxyl groups is 1. The molecule has 0 bridgehead atoms. The summed E-state index contributed by atoms with van der Waals surface area (Å²) in [5.74, 6) is -2.65. The molecule has 1 aromatic rings. The number of benzene rings is 1. The van der Waals surface area contributed by atoms with Crippen LogP contribution in [0.5, 0.6) is 5.75 Å². The number of likely N-dealkylation sites (N-methyl/N-ethyl adjacent to an activating group) is 1. The first-order valence-corrected chi connectivity index (χ1v) is 19.6. The number of amides is 1. The van der Waals surface area contributed by atoms with Crippen LogP contribution in [0.1, 0.15) is 103 Å². The topological polar surface area (TPSA) is 70.1 Å². The lowest BCUT2D eigenvalue weighted by molar-refractivity contribution is -0.284. The highest BCUT2D eigenvalue weighted by molar-refractivity contribution is 7.85. The summed E-state index contributed by atoms with van der Waals surface area (Å²) in [5, 5.41) is 10.7. The van der Waals surface area contributed by atoms with Crippen molar-refractivity contribution >= 4 is 16.9 Å². The van der Waals surface area contributed by atoms with Gasteiger partial charge in [0, 0.05) is 53.9 Å². The van der Waals surface area contributed by atoms with Gasteiger partial charge in [-0.1, -0.05) is 33.3 Å². The molecule has 278 valence electrons. The lowest BCUT2D eigenvalue weighted by atomic mass is 9.52. The van der Waals surface area contributed by atoms with Gasteiger partial charge in [-0.25, -0.2) is 4.79 Å². The number of hydrogen-bond acceptors (Lipinski definition) is 5. The zero-order valence-corrected chi connectivity index (χ0v) is 30.4. The molecular weight excluding hydrogens is 663 g/mol. The van der Waals surface area contributed by atoms with E-state index in [9.17, 15) is 36.1 Å². The van der Waals surface area contributed by atoms with Crippen LogP contribution in [0.3, 0.4) is 0 Å². The van der Waals surface area contributed by atoms with Crippen LogP contribution >= 0.6 is 0 Å². The van der Waals surface area contributed by atoms with Crippen molar-refractivity contribution in [2.45, 2.75) is 127 Å². The van der Waals surface area contributed by atoms with Gasteiger partial charge in [-0.05, 0) is 124 Å². The molecule has 4 unspecified atom stereocenters. The Balaban J connectivity index is 1.24. The van der Waals surface area contributed by atoms with Crippen molar-refractivity contribution in [1.29, 1.82) is 0 Å². The molecule has 12 heteroatoms. The van der Waals surface area contributed by atoms with E-state index in [2.05, 4.69) is 38.8 Å². The summed E-state index contributed by atoms with van der Waals surface area (Å²) >= 11 is 0. The normalized spacial score (nSPS) is 32.5. The third-order valence-corrected chi connectivity index (χ3v) is 14.5. The van der Waals surface area contributed by atoms with Crippen LogP contribution in [0, 0.1) is 29.1 Å². The summed E-state index contributed by atoms with van der Waals surface area (Å²) < 4.78 is 82.9. The molecule has 1 aromatic carbocycles. The van der Waals surface area contributed by atoms with E-state index in [0.29, 0.717) is 48.9 Å². The number of piperazine rings is 1. The van der Waals surface area contributed by atoms with Gasteiger partial charge in [0.15, 0.2) is 0 Å². The molecule has 4 aliphatic rings. The van der Waals surface area contributed by atoms with Crippen LogP contribution in [-0.2, 0) is 17.2 Å². The van der Waals surface area contributed by atoms with Gasteiger partial charge in [-0.15, -0.1) is 0 Å². The SMILES string of the molecule is CC(CC[C@@H]1Cc2cc(OC(=O)N3CCN(C)C(C)C3)ccc2[C@H]2CC[C@]3(C)[C@@H](O)CC[C@H]3[C@H]12)CC(C)S(=O)CCCC(F)(F)C(F)(F)F. The van der Waals surface area contributed by atoms with E-state index in [1.165, 1.54) is 11.1 Å². The third kappa shape index (κ3) is 8.32. The number of carbonyl (C=O) groups excluding carboxylic acids is 1. The first-order chi connectivity index (χ1) is 22.9. The van der Waals surface area contributed by atoms with Crippen molar-refractivity contribution < 1.29 is 40.8 Å². The molecule has 5 rings (SSSR count). The van der Waals surface area contributed by atoms with Crippen molar-refractivity contribution in [1.82, 2.24) is 9.80 Å². The first kappa shape index (κ1) is 38.4. The zero-order valence-electron chi connectivity index (χ0n) is 29.6. The Morgan fingerprint density at radius 1 is 1.14 bits per heavy atom. The molecule has 1 saturated heterocycles. The second-order valence-electron chi connectivity index (χ2n) is 16.0. The highest BCUT2D eigenvalue weighted by Crippen LogP contribution is 2.63. The molecule has 1 heterocycles. The van der Waals surface area contributed by atoms with Crippen molar-refractivity contribution in [3.63, 3.8) is 0 Å². The van der Waals surface area contributed by atoms with Crippen molar-refractivity contribution in [3.8, 4) is 5.75 Å². The van der Waals surface area contributed by atoms with Crippen molar-refractivity contribution in [2.24, 2.45) is 29.1 Å². The fraction of sp³-hybridized carbons (Fsp3) is 0.811.